The summed E-state index contributed by atoms with van der Waals surface area (Å²) in [6, 6.07) is 4.52. The number of nitrogens with one attached hydrogen (secondary N) is 1. The van der Waals surface area contributed by atoms with Gasteiger partial charge in [-0.1, -0.05) is 49.8 Å². The van der Waals surface area contributed by atoms with E-state index in [9.17, 15) is 14.9 Å². The van der Waals surface area contributed by atoms with E-state index in [0.717, 1.165) is 25.7 Å². The lowest BCUT2D eigenvalue weighted by Gasteiger charge is -2.21. The first-order valence-corrected chi connectivity index (χ1v) is 7.71. The molecule has 6 heteroatoms. The van der Waals surface area contributed by atoms with Crippen LogP contribution in [0.1, 0.15) is 55.3 Å². The predicted molar refractivity (Wildman–Crippen MR) is 81.7 cm³/mol. The normalized spacial score (nSPS) is 16.8. The number of nitro groups is 1. The van der Waals surface area contributed by atoms with Gasteiger partial charge in [-0.05, 0) is 25.0 Å². The number of benzene rings is 1. The van der Waals surface area contributed by atoms with Crippen molar-refractivity contribution in [2.75, 3.05) is 0 Å². The summed E-state index contributed by atoms with van der Waals surface area (Å²) in [4.78, 5) is 22.8. The third-order valence-electron chi connectivity index (χ3n) is 3.85. The van der Waals surface area contributed by atoms with E-state index in [1.807, 2.05) is 0 Å². The van der Waals surface area contributed by atoms with Gasteiger partial charge in [0.15, 0.2) is 0 Å². The molecule has 1 saturated carbocycles. The van der Waals surface area contributed by atoms with E-state index in [2.05, 4.69) is 5.32 Å². The van der Waals surface area contributed by atoms with Gasteiger partial charge in [-0.2, -0.15) is 0 Å². The highest BCUT2D eigenvalue weighted by atomic mass is 35.5. The van der Waals surface area contributed by atoms with Crippen molar-refractivity contribution in [1.82, 2.24) is 5.32 Å². The fraction of sp³-hybridized carbons (Fsp3) is 0.533. The monoisotopic (exact) mass is 310 g/mol. The quantitative estimate of drug-likeness (QED) is 0.675. The molecule has 0 atom stereocenters. The first kappa shape index (κ1) is 15.8. The molecule has 1 aromatic carbocycles. The maximum atomic E-state index is 12.3. The fourth-order valence-corrected chi connectivity index (χ4v) is 2.99. The second-order valence-corrected chi connectivity index (χ2v) is 5.82. The van der Waals surface area contributed by atoms with Crippen molar-refractivity contribution in [3.63, 3.8) is 0 Å². The van der Waals surface area contributed by atoms with Crippen LogP contribution in [0.2, 0.25) is 5.02 Å². The van der Waals surface area contributed by atoms with Gasteiger partial charge >= 0.3 is 5.69 Å². The fourth-order valence-electron chi connectivity index (χ4n) is 2.75. The van der Waals surface area contributed by atoms with Crippen molar-refractivity contribution in [1.29, 1.82) is 0 Å². The van der Waals surface area contributed by atoms with Gasteiger partial charge in [0.1, 0.15) is 10.6 Å². The number of amides is 1. The molecule has 0 bridgehead atoms. The van der Waals surface area contributed by atoms with E-state index < -0.39 is 10.8 Å². The number of halogens is 1. The minimum absolute atomic E-state index is 0.00897. The molecule has 114 valence electrons. The maximum Gasteiger partial charge on any atom is 0.300 e. The number of hydrogen-bond donors (Lipinski definition) is 1. The van der Waals surface area contributed by atoms with Crippen molar-refractivity contribution < 1.29 is 9.72 Å². The Kier molecular flexibility index (Phi) is 5.56. The van der Waals surface area contributed by atoms with Crippen molar-refractivity contribution in [2.24, 2.45) is 0 Å². The topological polar surface area (TPSA) is 72.2 Å². The molecule has 1 amide bonds. The van der Waals surface area contributed by atoms with E-state index in [0.29, 0.717) is 0 Å². The largest absolute Gasteiger partial charge is 0.349 e. The summed E-state index contributed by atoms with van der Waals surface area (Å²) in [5.74, 6) is -0.408. The number of rotatable bonds is 3. The Labute approximate surface area is 128 Å². The first-order valence-electron chi connectivity index (χ1n) is 7.33. The Morgan fingerprint density at radius 2 is 1.81 bits per heavy atom. The van der Waals surface area contributed by atoms with Crippen LogP contribution in [0.25, 0.3) is 0 Å². The van der Waals surface area contributed by atoms with Crippen LogP contribution >= 0.6 is 11.6 Å². The highest BCUT2D eigenvalue weighted by Crippen LogP contribution is 2.28. The molecule has 0 heterocycles. The average molecular weight is 311 g/mol. The van der Waals surface area contributed by atoms with E-state index in [-0.39, 0.29) is 22.3 Å². The van der Waals surface area contributed by atoms with Crippen molar-refractivity contribution in [3.05, 3.63) is 38.9 Å². The molecule has 1 aliphatic rings. The van der Waals surface area contributed by atoms with E-state index in [1.54, 1.807) is 6.07 Å². The summed E-state index contributed by atoms with van der Waals surface area (Å²) in [6.45, 7) is 0. The Morgan fingerprint density at radius 1 is 1.19 bits per heavy atom. The van der Waals surface area contributed by atoms with E-state index in [4.69, 9.17) is 11.6 Å². The zero-order valence-electron chi connectivity index (χ0n) is 11.8. The van der Waals surface area contributed by atoms with E-state index >= 15 is 0 Å². The van der Waals surface area contributed by atoms with Crippen LogP contribution in [0, 0.1) is 10.1 Å². The van der Waals surface area contributed by atoms with Crippen molar-refractivity contribution in [2.45, 2.75) is 51.0 Å². The maximum absolute atomic E-state index is 12.3. The van der Waals surface area contributed by atoms with Crippen LogP contribution in [-0.2, 0) is 0 Å². The highest BCUT2D eigenvalue weighted by molar-refractivity contribution is 6.33. The highest BCUT2D eigenvalue weighted by Gasteiger charge is 2.25. The van der Waals surface area contributed by atoms with Gasteiger partial charge < -0.3 is 5.32 Å². The number of nitro benzene ring substituents is 1. The molecular formula is C15H19ClN2O3. The Bertz CT molecular complexity index is 526. The Hall–Kier alpha value is -1.62. The second kappa shape index (κ2) is 7.41. The van der Waals surface area contributed by atoms with Gasteiger partial charge in [0.05, 0.1) is 4.92 Å². The van der Waals surface area contributed by atoms with Crippen LogP contribution in [0.5, 0.6) is 0 Å². The van der Waals surface area contributed by atoms with Crippen molar-refractivity contribution in [3.8, 4) is 0 Å². The van der Waals surface area contributed by atoms with Gasteiger partial charge in [-0.15, -0.1) is 0 Å². The average Bonchev–Trinajstić information content (AvgIpc) is 2.40. The smallest absolute Gasteiger partial charge is 0.300 e. The Balaban J connectivity index is 2.12. The van der Waals surface area contributed by atoms with Gasteiger partial charge in [-0.3, -0.25) is 14.9 Å². The molecule has 2 rings (SSSR count). The number of para-hydroxylation sites is 1. The molecule has 0 aliphatic heterocycles. The zero-order chi connectivity index (χ0) is 15.2. The number of carbonyl (C=O) groups is 1. The second-order valence-electron chi connectivity index (χ2n) is 5.41. The standard InChI is InChI=1S/C15H19ClN2O3/c16-13-10-6-9-12(14(13)18(20)21)15(19)17-11-7-4-2-1-3-5-8-11/h6,9-11H,1-5,7-8H2,(H,17,19). The van der Waals surface area contributed by atoms with Crippen LogP contribution in [0.15, 0.2) is 18.2 Å². The summed E-state index contributed by atoms with van der Waals surface area (Å²) in [5.41, 5.74) is -0.280. The number of carbonyl (C=O) groups excluding carboxylic acids is 1. The molecule has 0 aromatic heterocycles. The lowest BCUT2D eigenvalue weighted by Crippen LogP contribution is -2.35. The van der Waals surface area contributed by atoms with E-state index in [1.165, 1.54) is 31.4 Å². The molecule has 0 saturated heterocycles. The van der Waals surface area contributed by atoms with Gasteiger partial charge in [0.2, 0.25) is 0 Å². The van der Waals surface area contributed by atoms with Crippen LogP contribution in [0.3, 0.4) is 0 Å². The molecule has 1 aromatic rings. The van der Waals surface area contributed by atoms with Crippen LogP contribution in [-0.4, -0.2) is 16.9 Å². The molecule has 1 aliphatic carbocycles. The molecule has 0 radical (unpaired) electrons. The molecule has 0 unspecified atom stereocenters. The SMILES string of the molecule is O=C(NC1CCCCCCC1)c1cccc(Cl)c1[N+](=O)[O-]. The van der Waals surface area contributed by atoms with Crippen LogP contribution in [0.4, 0.5) is 5.69 Å². The minimum atomic E-state index is -0.602. The number of hydrogen-bond acceptors (Lipinski definition) is 3. The minimum Gasteiger partial charge on any atom is -0.349 e. The summed E-state index contributed by atoms with van der Waals surface area (Å²) >= 11 is 5.84. The zero-order valence-corrected chi connectivity index (χ0v) is 12.6. The third-order valence-corrected chi connectivity index (χ3v) is 4.16. The summed E-state index contributed by atoms with van der Waals surface area (Å²) in [6.07, 6.45) is 7.65. The lowest BCUT2D eigenvalue weighted by molar-refractivity contribution is -0.385. The van der Waals surface area contributed by atoms with Gasteiger partial charge in [0, 0.05) is 6.04 Å². The molecule has 1 N–H and O–H groups in total. The molecular weight excluding hydrogens is 292 g/mol. The van der Waals surface area contributed by atoms with Crippen molar-refractivity contribution >= 4 is 23.2 Å². The first-order chi connectivity index (χ1) is 10.1. The molecule has 21 heavy (non-hydrogen) atoms. The Morgan fingerprint density at radius 3 is 2.43 bits per heavy atom. The van der Waals surface area contributed by atoms with Crippen LogP contribution < -0.4 is 5.32 Å². The lowest BCUT2D eigenvalue weighted by atomic mass is 9.96. The molecule has 5 nitrogen and oxygen atoms in total. The summed E-state index contributed by atoms with van der Waals surface area (Å²) in [7, 11) is 0. The molecule has 0 spiro atoms. The van der Waals surface area contributed by atoms with Gasteiger partial charge in [-0.25, -0.2) is 0 Å². The predicted octanol–water partition coefficient (Wildman–Crippen LogP) is 4.09. The van der Waals surface area contributed by atoms with Gasteiger partial charge in [0.25, 0.3) is 5.91 Å². The third kappa shape index (κ3) is 4.17. The molecule has 1 fully saturated rings. The summed E-state index contributed by atoms with van der Waals surface area (Å²) < 4.78 is 0. The summed E-state index contributed by atoms with van der Waals surface area (Å²) in [5, 5.41) is 14.0. The number of nitrogens with zero attached hydrogens (tertiary/aromatic N) is 1.